The third kappa shape index (κ3) is 4.15. The van der Waals surface area contributed by atoms with E-state index in [4.69, 9.17) is 9.72 Å². The first-order chi connectivity index (χ1) is 13.9. The fourth-order valence-electron chi connectivity index (χ4n) is 3.77. The Morgan fingerprint density at radius 3 is 2.28 bits per heavy atom. The lowest BCUT2D eigenvalue weighted by Crippen LogP contribution is -2.17. The standard InChI is InChI=1S/C24H25N3O2/c1-5-20-19(11-15-6-7-15)22(21(14(2)3)24(27-20)29-4)23(28)18-9-16(12-25)8-17(10-18)13-26/h8-10,14-15H,5-7,11H2,1-4H3. The van der Waals surface area contributed by atoms with Gasteiger partial charge in [-0.15, -0.1) is 0 Å². The Kier molecular flexibility index (Phi) is 5.99. The van der Waals surface area contributed by atoms with E-state index in [1.54, 1.807) is 19.2 Å². The second kappa shape index (κ2) is 8.45. The zero-order valence-electron chi connectivity index (χ0n) is 17.4. The second-order valence-corrected chi connectivity index (χ2v) is 7.84. The normalized spacial score (nSPS) is 13.1. The highest BCUT2D eigenvalue weighted by Crippen LogP contribution is 2.39. The highest BCUT2D eigenvalue weighted by atomic mass is 16.5. The number of hydrogen-bond donors (Lipinski definition) is 0. The number of aryl methyl sites for hydroxylation is 1. The van der Waals surface area contributed by atoms with Gasteiger partial charge < -0.3 is 4.74 Å². The van der Waals surface area contributed by atoms with Gasteiger partial charge in [0, 0.05) is 22.4 Å². The number of benzene rings is 1. The first-order valence-electron chi connectivity index (χ1n) is 10.0. The van der Waals surface area contributed by atoms with Crippen LogP contribution in [0.4, 0.5) is 0 Å². The molecule has 29 heavy (non-hydrogen) atoms. The summed E-state index contributed by atoms with van der Waals surface area (Å²) in [6, 6.07) is 8.72. The van der Waals surface area contributed by atoms with Gasteiger partial charge >= 0.3 is 0 Å². The average Bonchev–Trinajstić information content (AvgIpc) is 3.56. The number of carbonyl (C=O) groups is 1. The van der Waals surface area contributed by atoms with Gasteiger partial charge in [-0.1, -0.05) is 20.8 Å². The Hall–Kier alpha value is -3.18. The molecule has 0 radical (unpaired) electrons. The van der Waals surface area contributed by atoms with Crippen LogP contribution in [0.15, 0.2) is 18.2 Å². The van der Waals surface area contributed by atoms with E-state index in [9.17, 15) is 15.3 Å². The van der Waals surface area contributed by atoms with Crippen LogP contribution in [0.2, 0.25) is 0 Å². The number of hydrogen-bond acceptors (Lipinski definition) is 5. The number of rotatable bonds is 7. The van der Waals surface area contributed by atoms with E-state index in [1.807, 2.05) is 32.9 Å². The SMILES string of the molecule is CCc1nc(OC)c(C(C)C)c(C(=O)c2cc(C#N)cc(C#N)c2)c1CC1CC1. The van der Waals surface area contributed by atoms with Crippen LogP contribution < -0.4 is 4.74 Å². The van der Waals surface area contributed by atoms with Crippen LogP contribution in [0, 0.1) is 28.6 Å². The molecule has 0 atom stereocenters. The van der Waals surface area contributed by atoms with E-state index < -0.39 is 0 Å². The molecule has 0 unspecified atom stereocenters. The first kappa shape index (κ1) is 20.6. The van der Waals surface area contributed by atoms with Crippen molar-refractivity contribution in [1.82, 2.24) is 4.98 Å². The predicted molar refractivity (Wildman–Crippen MR) is 110 cm³/mol. The van der Waals surface area contributed by atoms with E-state index >= 15 is 0 Å². The number of nitriles is 2. The fraction of sp³-hybridized carbons (Fsp3) is 0.417. The van der Waals surface area contributed by atoms with Crippen LogP contribution in [0.1, 0.15) is 83.4 Å². The average molecular weight is 387 g/mol. The molecule has 5 heteroatoms. The zero-order valence-corrected chi connectivity index (χ0v) is 17.4. The van der Waals surface area contributed by atoms with Crippen LogP contribution >= 0.6 is 0 Å². The lowest BCUT2D eigenvalue weighted by atomic mass is 9.85. The maximum atomic E-state index is 13.8. The molecule has 0 aliphatic heterocycles. The summed E-state index contributed by atoms with van der Waals surface area (Å²) in [5.41, 5.74) is 4.28. The molecule has 3 rings (SSSR count). The Balaban J connectivity index is 2.29. The summed E-state index contributed by atoms with van der Waals surface area (Å²) in [6.07, 6.45) is 3.87. The minimum absolute atomic E-state index is 0.0369. The number of methoxy groups -OCH3 is 1. The number of ketones is 1. The number of pyridine rings is 1. The number of ether oxygens (including phenoxy) is 1. The van der Waals surface area contributed by atoms with Crippen molar-refractivity contribution in [2.24, 2.45) is 5.92 Å². The number of nitrogens with zero attached hydrogens (tertiary/aromatic N) is 3. The van der Waals surface area contributed by atoms with Gasteiger partial charge in [-0.2, -0.15) is 10.5 Å². The smallest absolute Gasteiger partial charge is 0.217 e. The van der Waals surface area contributed by atoms with Crippen molar-refractivity contribution >= 4 is 5.78 Å². The monoisotopic (exact) mass is 387 g/mol. The zero-order chi connectivity index (χ0) is 21.1. The number of carbonyl (C=O) groups excluding carboxylic acids is 1. The van der Waals surface area contributed by atoms with Gasteiger partial charge in [0.05, 0.1) is 30.4 Å². The van der Waals surface area contributed by atoms with E-state index in [0.29, 0.717) is 40.5 Å². The molecule has 2 aromatic rings. The second-order valence-electron chi connectivity index (χ2n) is 7.84. The van der Waals surface area contributed by atoms with E-state index in [0.717, 1.165) is 23.2 Å². The molecule has 0 bridgehead atoms. The molecular weight excluding hydrogens is 362 g/mol. The molecule has 0 saturated heterocycles. The quantitative estimate of drug-likeness (QED) is 0.643. The molecule has 1 aliphatic rings. The van der Waals surface area contributed by atoms with Gasteiger partial charge in [-0.05, 0) is 61.3 Å². The van der Waals surface area contributed by atoms with Crippen molar-refractivity contribution < 1.29 is 9.53 Å². The van der Waals surface area contributed by atoms with Crippen LogP contribution in [0.5, 0.6) is 5.88 Å². The van der Waals surface area contributed by atoms with E-state index in [-0.39, 0.29) is 11.7 Å². The molecule has 148 valence electrons. The summed E-state index contributed by atoms with van der Waals surface area (Å²) >= 11 is 0. The van der Waals surface area contributed by atoms with Gasteiger partial charge in [0.25, 0.3) is 0 Å². The number of aromatic nitrogens is 1. The third-order valence-electron chi connectivity index (χ3n) is 5.36. The Morgan fingerprint density at radius 1 is 1.21 bits per heavy atom. The maximum absolute atomic E-state index is 13.8. The van der Waals surface area contributed by atoms with Crippen LogP contribution in [-0.2, 0) is 12.8 Å². The summed E-state index contributed by atoms with van der Waals surface area (Å²) < 4.78 is 5.57. The summed E-state index contributed by atoms with van der Waals surface area (Å²) in [4.78, 5) is 18.5. The first-order valence-corrected chi connectivity index (χ1v) is 10.0. The fourth-order valence-corrected chi connectivity index (χ4v) is 3.77. The van der Waals surface area contributed by atoms with Crippen molar-refractivity contribution in [1.29, 1.82) is 10.5 Å². The van der Waals surface area contributed by atoms with Gasteiger partial charge in [0.15, 0.2) is 5.78 Å². The molecule has 1 aliphatic carbocycles. The Morgan fingerprint density at radius 2 is 1.83 bits per heavy atom. The maximum Gasteiger partial charge on any atom is 0.217 e. The summed E-state index contributed by atoms with van der Waals surface area (Å²) in [7, 11) is 1.58. The minimum Gasteiger partial charge on any atom is -0.481 e. The molecular formula is C24H25N3O2. The van der Waals surface area contributed by atoms with Crippen molar-refractivity contribution in [3.63, 3.8) is 0 Å². The topological polar surface area (TPSA) is 86.8 Å². The highest BCUT2D eigenvalue weighted by Gasteiger charge is 2.31. The third-order valence-corrected chi connectivity index (χ3v) is 5.36. The van der Waals surface area contributed by atoms with Gasteiger partial charge in [0.2, 0.25) is 5.88 Å². The van der Waals surface area contributed by atoms with Crippen molar-refractivity contribution in [3.8, 4) is 18.0 Å². The molecule has 1 saturated carbocycles. The molecule has 1 heterocycles. The lowest BCUT2D eigenvalue weighted by Gasteiger charge is -2.22. The molecule has 0 N–H and O–H groups in total. The van der Waals surface area contributed by atoms with Crippen LogP contribution in [0.3, 0.4) is 0 Å². The van der Waals surface area contributed by atoms with E-state index in [1.165, 1.54) is 18.9 Å². The van der Waals surface area contributed by atoms with Crippen molar-refractivity contribution in [2.45, 2.75) is 52.4 Å². The summed E-state index contributed by atoms with van der Waals surface area (Å²) in [5.74, 6) is 0.932. The van der Waals surface area contributed by atoms with Gasteiger partial charge in [-0.3, -0.25) is 4.79 Å². The van der Waals surface area contributed by atoms with E-state index in [2.05, 4.69) is 0 Å². The molecule has 0 amide bonds. The van der Waals surface area contributed by atoms with Crippen molar-refractivity contribution in [2.75, 3.05) is 7.11 Å². The lowest BCUT2D eigenvalue weighted by molar-refractivity contribution is 0.103. The molecule has 1 fully saturated rings. The molecule has 1 aromatic heterocycles. The highest BCUT2D eigenvalue weighted by molar-refractivity contribution is 6.11. The van der Waals surface area contributed by atoms with Crippen LogP contribution in [0.25, 0.3) is 0 Å². The Bertz CT molecular complexity index is 1010. The molecule has 1 aromatic carbocycles. The van der Waals surface area contributed by atoms with Gasteiger partial charge in [-0.25, -0.2) is 4.98 Å². The summed E-state index contributed by atoms with van der Waals surface area (Å²) in [5, 5.41) is 18.6. The minimum atomic E-state index is -0.173. The summed E-state index contributed by atoms with van der Waals surface area (Å²) in [6.45, 7) is 6.08. The molecule has 0 spiro atoms. The predicted octanol–water partition coefficient (Wildman–Crippen LogP) is 4.70. The largest absolute Gasteiger partial charge is 0.481 e. The Labute approximate surface area is 172 Å². The van der Waals surface area contributed by atoms with Crippen molar-refractivity contribution in [3.05, 3.63) is 57.3 Å². The van der Waals surface area contributed by atoms with Crippen LogP contribution in [-0.4, -0.2) is 17.9 Å². The molecule has 5 nitrogen and oxygen atoms in total. The van der Waals surface area contributed by atoms with Gasteiger partial charge in [0.1, 0.15) is 0 Å².